The number of amides is 1. The van der Waals surface area contributed by atoms with E-state index >= 15 is 0 Å². The normalized spacial score (nSPS) is 11.2. The van der Waals surface area contributed by atoms with Gasteiger partial charge in [-0.05, 0) is 36.0 Å². The second kappa shape index (κ2) is 7.90. The summed E-state index contributed by atoms with van der Waals surface area (Å²) in [6.07, 6.45) is 2.15. The first-order chi connectivity index (χ1) is 9.46. The molecular formula is C16H25NO3. The molecule has 1 rings (SSSR count). The van der Waals surface area contributed by atoms with Crippen molar-refractivity contribution in [3.63, 3.8) is 0 Å². The Hall–Kier alpha value is -1.55. The first-order valence-electron chi connectivity index (χ1n) is 6.97. The van der Waals surface area contributed by atoms with E-state index in [1.165, 1.54) is 0 Å². The van der Waals surface area contributed by atoms with Crippen molar-refractivity contribution in [3.8, 4) is 5.75 Å². The fourth-order valence-corrected chi connectivity index (χ4v) is 1.87. The molecule has 0 saturated carbocycles. The van der Waals surface area contributed by atoms with Crippen molar-refractivity contribution in [3.05, 3.63) is 29.8 Å². The Kier molecular flexibility index (Phi) is 6.52. The van der Waals surface area contributed by atoms with E-state index in [9.17, 15) is 4.79 Å². The SMILES string of the molecule is COc1ccc(CC(=O)NCCCC(C)(C)CO)cc1. The van der Waals surface area contributed by atoms with Crippen molar-refractivity contribution < 1.29 is 14.6 Å². The summed E-state index contributed by atoms with van der Waals surface area (Å²) in [5, 5.41) is 12.0. The van der Waals surface area contributed by atoms with Crippen LogP contribution >= 0.6 is 0 Å². The number of hydrogen-bond acceptors (Lipinski definition) is 3. The van der Waals surface area contributed by atoms with Crippen LogP contribution in [0.1, 0.15) is 32.3 Å². The fraction of sp³-hybridized carbons (Fsp3) is 0.562. The monoisotopic (exact) mass is 279 g/mol. The molecule has 0 aromatic heterocycles. The quantitative estimate of drug-likeness (QED) is 0.717. The Morgan fingerprint density at radius 1 is 1.30 bits per heavy atom. The third-order valence-electron chi connectivity index (χ3n) is 3.30. The van der Waals surface area contributed by atoms with Gasteiger partial charge in [0.2, 0.25) is 5.91 Å². The second-order valence-corrected chi connectivity index (χ2v) is 5.80. The van der Waals surface area contributed by atoms with Crippen LogP contribution in [0.25, 0.3) is 0 Å². The Balaban J connectivity index is 2.26. The first-order valence-corrected chi connectivity index (χ1v) is 6.97. The lowest BCUT2D eigenvalue weighted by atomic mass is 9.89. The maximum atomic E-state index is 11.8. The molecule has 0 unspecified atom stereocenters. The number of carbonyl (C=O) groups is 1. The molecule has 1 amide bonds. The van der Waals surface area contributed by atoms with E-state index in [1.807, 2.05) is 38.1 Å². The molecular weight excluding hydrogens is 254 g/mol. The lowest BCUT2D eigenvalue weighted by Gasteiger charge is -2.21. The predicted octanol–water partition coefficient (Wildman–Crippen LogP) is 2.15. The van der Waals surface area contributed by atoms with Crippen molar-refractivity contribution in [1.29, 1.82) is 0 Å². The van der Waals surface area contributed by atoms with E-state index in [2.05, 4.69) is 5.32 Å². The molecule has 0 aliphatic carbocycles. The molecule has 2 N–H and O–H groups in total. The standard InChI is InChI=1S/C16H25NO3/c1-16(2,12-18)9-4-10-17-15(19)11-13-5-7-14(20-3)8-6-13/h5-8,18H,4,9-12H2,1-3H3,(H,17,19). The van der Waals surface area contributed by atoms with Crippen molar-refractivity contribution in [2.45, 2.75) is 33.1 Å². The van der Waals surface area contributed by atoms with Crippen LogP contribution < -0.4 is 10.1 Å². The Morgan fingerprint density at radius 3 is 2.50 bits per heavy atom. The Bertz CT molecular complexity index is 412. The van der Waals surface area contributed by atoms with E-state index in [-0.39, 0.29) is 17.9 Å². The number of methoxy groups -OCH3 is 1. The molecule has 1 aromatic rings. The predicted molar refractivity (Wildman–Crippen MR) is 79.8 cm³/mol. The summed E-state index contributed by atoms with van der Waals surface area (Å²) in [5.74, 6) is 0.817. The molecule has 0 aliphatic rings. The maximum absolute atomic E-state index is 11.8. The van der Waals surface area contributed by atoms with Gasteiger partial charge in [-0.25, -0.2) is 0 Å². The number of aliphatic hydroxyl groups is 1. The van der Waals surface area contributed by atoms with Gasteiger partial charge in [-0.1, -0.05) is 26.0 Å². The molecule has 4 nitrogen and oxygen atoms in total. The molecule has 20 heavy (non-hydrogen) atoms. The molecule has 0 atom stereocenters. The van der Waals surface area contributed by atoms with Gasteiger partial charge in [0.25, 0.3) is 0 Å². The van der Waals surface area contributed by atoms with Crippen LogP contribution in [0, 0.1) is 5.41 Å². The highest BCUT2D eigenvalue weighted by Crippen LogP contribution is 2.20. The van der Waals surface area contributed by atoms with Crippen LogP contribution in [0.2, 0.25) is 0 Å². The number of hydrogen-bond donors (Lipinski definition) is 2. The third kappa shape index (κ3) is 6.06. The van der Waals surface area contributed by atoms with Crippen LogP contribution in [0.5, 0.6) is 5.75 Å². The summed E-state index contributed by atoms with van der Waals surface area (Å²) >= 11 is 0. The second-order valence-electron chi connectivity index (χ2n) is 5.80. The lowest BCUT2D eigenvalue weighted by Crippen LogP contribution is -2.27. The summed E-state index contributed by atoms with van der Waals surface area (Å²) < 4.78 is 5.08. The summed E-state index contributed by atoms with van der Waals surface area (Å²) in [7, 11) is 1.62. The minimum Gasteiger partial charge on any atom is -0.497 e. The zero-order chi connectivity index (χ0) is 15.0. The highest BCUT2D eigenvalue weighted by molar-refractivity contribution is 5.78. The van der Waals surface area contributed by atoms with Gasteiger partial charge in [0, 0.05) is 13.2 Å². The van der Waals surface area contributed by atoms with E-state index in [0.29, 0.717) is 13.0 Å². The van der Waals surface area contributed by atoms with Crippen LogP contribution in [-0.2, 0) is 11.2 Å². The molecule has 4 heteroatoms. The summed E-state index contributed by atoms with van der Waals surface area (Å²) in [4.78, 5) is 11.8. The molecule has 0 aliphatic heterocycles. The van der Waals surface area contributed by atoms with Gasteiger partial charge < -0.3 is 15.2 Å². The van der Waals surface area contributed by atoms with E-state index in [0.717, 1.165) is 24.2 Å². The van der Waals surface area contributed by atoms with Crippen molar-refractivity contribution >= 4 is 5.91 Å². The molecule has 0 saturated heterocycles. The summed E-state index contributed by atoms with van der Waals surface area (Å²) in [6.45, 7) is 4.86. The van der Waals surface area contributed by atoms with Gasteiger partial charge >= 0.3 is 0 Å². The molecule has 0 bridgehead atoms. The minimum absolute atomic E-state index is 0.0250. The average Bonchev–Trinajstić information content (AvgIpc) is 2.44. The largest absolute Gasteiger partial charge is 0.497 e. The third-order valence-corrected chi connectivity index (χ3v) is 3.30. The number of ether oxygens (including phenoxy) is 1. The van der Waals surface area contributed by atoms with E-state index in [4.69, 9.17) is 9.84 Å². The highest BCUT2D eigenvalue weighted by atomic mass is 16.5. The zero-order valence-electron chi connectivity index (χ0n) is 12.6. The van der Waals surface area contributed by atoms with Crippen molar-refractivity contribution in [2.24, 2.45) is 5.41 Å². The Labute approximate surface area is 121 Å². The summed E-state index contributed by atoms with van der Waals surface area (Å²) in [6, 6.07) is 7.50. The number of aliphatic hydroxyl groups excluding tert-OH is 1. The minimum atomic E-state index is -0.0687. The number of rotatable bonds is 8. The van der Waals surface area contributed by atoms with Crippen molar-refractivity contribution in [2.75, 3.05) is 20.3 Å². The lowest BCUT2D eigenvalue weighted by molar-refractivity contribution is -0.120. The van der Waals surface area contributed by atoms with Gasteiger partial charge in [-0.3, -0.25) is 4.79 Å². The van der Waals surface area contributed by atoms with E-state index < -0.39 is 0 Å². The van der Waals surface area contributed by atoms with Gasteiger partial charge in [0.15, 0.2) is 0 Å². The molecule has 112 valence electrons. The number of nitrogens with one attached hydrogen (secondary N) is 1. The van der Waals surface area contributed by atoms with Crippen LogP contribution in [0.4, 0.5) is 0 Å². The smallest absolute Gasteiger partial charge is 0.224 e. The fourth-order valence-electron chi connectivity index (χ4n) is 1.87. The number of benzene rings is 1. The van der Waals surface area contributed by atoms with Gasteiger partial charge in [-0.15, -0.1) is 0 Å². The topological polar surface area (TPSA) is 58.6 Å². The van der Waals surface area contributed by atoms with Crippen LogP contribution in [0.15, 0.2) is 24.3 Å². The molecule has 1 aromatic carbocycles. The van der Waals surface area contributed by atoms with Crippen LogP contribution in [-0.4, -0.2) is 31.3 Å². The number of carbonyl (C=O) groups excluding carboxylic acids is 1. The molecule has 0 spiro atoms. The average molecular weight is 279 g/mol. The van der Waals surface area contributed by atoms with Crippen molar-refractivity contribution in [1.82, 2.24) is 5.32 Å². The highest BCUT2D eigenvalue weighted by Gasteiger charge is 2.15. The molecule has 0 heterocycles. The zero-order valence-corrected chi connectivity index (χ0v) is 12.6. The van der Waals surface area contributed by atoms with Crippen LogP contribution in [0.3, 0.4) is 0 Å². The van der Waals surface area contributed by atoms with Gasteiger partial charge in [0.1, 0.15) is 5.75 Å². The Morgan fingerprint density at radius 2 is 1.95 bits per heavy atom. The van der Waals surface area contributed by atoms with E-state index in [1.54, 1.807) is 7.11 Å². The maximum Gasteiger partial charge on any atom is 0.224 e. The van der Waals surface area contributed by atoms with Gasteiger partial charge in [0.05, 0.1) is 13.5 Å². The summed E-state index contributed by atoms with van der Waals surface area (Å²) in [5.41, 5.74) is 0.903. The molecule has 0 radical (unpaired) electrons. The first kappa shape index (κ1) is 16.5. The molecule has 0 fully saturated rings. The van der Waals surface area contributed by atoms with Gasteiger partial charge in [-0.2, -0.15) is 0 Å².